The van der Waals surface area contributed by atoms with E-state index in [1.54, 1.807) is 12.4 Å². The van der Waals surface area contributed by atoms with Crippen LogP contribution in [-0.2, 0) is 0 Å². The molecule has 0 atom stereocenters. The molecule has 0 aromatic carbocycles. The Labute approximate surface area is 102 Å². The summed E-state index contributed by atoms with van der Waals surface area (Å²) in [5, 5.41) is 3.41. The van der Waals surface area contributed by atoms with Crippen LogP contribution >= 0.6 is 0 Å². The number of pyridine rings is 1. The van der Waals surface area contributed by atoms with Crippen LogP contribution in [0, 0.1) is 0 Å². The molecule has 1 aromatic heterocycles. The zero-order valence-corrected chi connectivity index (χ0v) is 10.6. The highest BCUT2D eigenvalue weighted by Crippen LogP contribution is 2.08. The van der Waals surface area contributed by atoms with Gasteiger partial charge in [-0.1, -0.05) is 0 Å². The third kappa shape index (κ3) is 3.12. The van der Waals surface area contributed by atoms with E-state index in [-0.39, 0.29) is 5.54 Å². The van der Waals surface area contributed by atoms with Gasteiger partial charge in [-0.25, -0.2) is 0 Å². The molecule has 1 aliphatic rings. The Kier molecular flexibility index (Phi) is 3.22. The average molecular weight is 230 g/mol. The van der Waals surface area contributed by atoms with Crippen molar-refractivity contribution >= 4 is 11.5 Å². The lowest BCUT2D eigenvalue weighted by Crippen LogP contribution is -2.45. The van der Waals surface area contributed by atoms with E-state index in [1.165, 1.54) is 0 Å². The highest BCUT2D eigenvalue weighted by Gasteiger charge is 2.19. The van der Waals surface area contributed by atoms with Crippen LogP contribution in [-0.4, -0.2) is 35.2 Å². The fourth-order valence-electron chi connectivity index (χ4n) is 1.67. The van der Waals surface area contributed by atoms with Crippen molar-refractivity contribution in [3.63, 3.8) is 0 Å². The lowest BCUT2D eigenvalue weighted by atomic mass is 10.1. The number of nitrogens with zero attached hydrogens (tertiary/aromatic N) is 3. The molecule has 0 saturated carbocycles. The predicted molar refractivity (Wildman–Crippen MR) is 70.8 cm³/mol. The van der Waals surface area contributed by atoms with Crippen molar-refractivity contribution in [3.8, 4) is 0 Å². The maximum Gasteiger partial charge on any atom is 0.147 e. The van der Waals surface area contributed by atoms with E-state index in [2.05, 4.69) is 41.1 Å². The van der Waals surface area contributed by atoms with Gasteiger partial charge in [-0.3, -0.25) is 15.0 Å². The Morgan fingerprint density at radius 3 is 2.35 bits per heavy atom. The number of hydrogen-bond donors (Lipinski definition) is 1. The number of rotatable bonds is 1. The quantitative estimate of drug-likeness (QED) is 0.798. The first-order chi connectivity index (χ1) is 8.06. The summed E-state index contributed by atoms with van der Waals surface area (Å²) in [6.07, 6.45) is 3.56. The third-order valence-electron chi connectivity index (χ3n) is 2.31. The molecule has 4 heteroatoms. The van der Waals surface area contributed by atoms with E-state index in [9.17, 15) is 0 Å². The average Bonchev–Trinajstić information content (AvgIpc) is 2.29. The van der Waals surface area contributed by atoms with Gasteiger partial charge in [0.05, 0.1) is 13.1 Å². The SMILES string of the molecule is CC(C)(C)NC1=NCCN=C1c1ccncc1. The van der Waals surface area contributed by atoms with Gasteiger partial charge in [-0.15, -0.1) is 0 Å². The van der Waals surface area contributed by atoms with Gasteiger partial charge < -0.3 is 5.32 Å². The molecule has 0 saturated heterocycles. The summed E-state index contributed by atoms with van der Waals surface area (Å²) < 4.78 is 0. The van der Waals surface area contributed by atoms with Gasteiger partial charge in [0, 0.05) is 23.5 Å². The Morgan fingerprint density at radius 2 is 1.71 bits per heavy atom. The zero-order valence-electron chi connectivity index (χ0n) is 10.6. The van der Waals surface area contributed by atoms with Crippen molar-refractivity contribution in [3.05, 3.63) is 30.1 Å². The molecule has 0 bridgehead atoms. The molecule has 17 heavy (non-hydrogen) atoms. The van der Waals surface area contributed by atoms with E-state index in [0.717, 1.165) is 30.2 Å². The monoisotopic (exact) mass is 230 g/mol. The van der Waals surface area contributed by atoms with Crippen LogP contribution in [0.3, 0.4) is 0 Å². The highest BCUT2D eigenvalue weighted by atomic mass is 15.1. The van der Waals surface area contributed by atoms with Gasteiger partial charge in [-0.05, 0) is 32.9 Å². The fraction of sp³-hybridized carbons (Fsp3) is 0.462. The van der Waals surface area contributed by atoms with Crippen LogP contribution < -0.4 is 5.32 Å². The maximum absolute atomic E-state index is 4.56. The Morgan fingerprint density at radius 1 is 1.06 bits per heavy atom. The molecule has 0 unspecified atom stereocenters. The second-order valence-electron chi connectivity index (χ2n) is 5.07. The lowest BCUT2D eigenvalue weighted by molar-refractivity contribution is 0.512. The summed E-state index contributed by atoms with van der Waals surface area (Å²) >= 11 is 0. The third-order valence-corrected chi connectivity index (χ3v) is 2.31. The molecule has 0 amide bonds. The van der Waals surface area contributed by atoms with Crippen LogP contribution in [0.4, 0.5) is 0 Å². The minimum Gasteiger partial charge on any atom is -0.364 e. The minimum absolute atomic E-state index is 0.00995. The van der Waals surface area contributed by atoms with E-state index in [1.807, 2.05) is 12.1 Å². The van der Waals surface area contributed by atoms with Gasteiger partial charge in [0.2, 0.25) is 0 Å². The molecule has 90 valence electrons. The van der Waals surface area contributed by atoms with E-state index >= 15 is 0 Å². The summed E-state index contributed by atoms with van der Waals surface area (Å²) in [4.78, 5) is 13.1. The second kappa shape index (κ2) is 4.65. The maximum atomic E-state index is 4.56. The van der Waals surface area contributed by atoms with Crippen molar-refractivity contribution < 1.29 is 0 Å². The smallest absolute Gasteiger partial charge is 0.147 e. The first-order valence-electron chi connectivity index (χ1n) is 5.84. The molecule has 1 N–H and O–H groups in total. The predicted octanol–water partition coefficient (Wildman–Crippen LogP) is 1.67. The topological polar surface area (TPSA) is 49.6 Å². The fourth-order valence-corrected chi connectivity index (χ4v) is 1.67. The Hall–Kier alpha value is -1.71. The summed E-state index contributed by atoms with van der Waals surface area (Å²) in [6.45, 7) is 7.87. The van der Waals surface area contributed by atoms with Crippen LogP contribution in [0.15, 0.2) is 34.5 Å². The van der Waals surface area contributed by atoms with Crippen LogP contribution in [0.2, 0.25) is 0 Å². The molecule has 0 fully saturated rings. The van der Waals surface area contributed by atoms with E-state index in [4.69, 9.17) is 0 Å². The Balaban J connectivity index is 2.27. The number of amidine groups is 1. The lowest BCUT2D eigenvalue weighted by Gasteiger charge is -2.25. The molecule has 1 aliphatic heterocycles. The first kappa shape index (κ1) is 11.8. The van der Waals surface area contributed by atoms with Gasteiger partial charge >= 0.3 is 0 Å². The normalized spacial score (nSPS) is 16.2. The molecule has 0 aliphatic carbocycles. The summed E-state index contributed by atoms with van der Waals surface area (Å²) in [7, 11) is 0. The van der Waals surface area contributed by atoms with Crippen molar-refractivity contribution in [2.45, 2.75) is 26.3 Å². The van der Waals surface area contributed by atoms with Gasteiger partial charge in [0.1, 0.15) is 11.5 Å². The van der Waals surface area contributed by atoms with Crippen LogP contribution in [0.5, 0.6) is 0 Å². The molecular formula is C13H18N4. The van der Waals surface area contributed by atoms with Crippen LogP contribution in [0.1, 0.15) is 26.3 Å². The molecule has 0 spiro atoms. The van der Waals surface area contributed by atoms with Crippen molar-refractivity contribution in [1.29, 1.82) is 0 Å². The summed E-state index contributed by atoms with van der Waals surface area (Å²) in [5.41, 5.74) is 1.99. The molecule has 2 heterocycles. The van der Waals surface area contributed by atoms with Gasteiger partial charge in [-0.2, -0.15) is 0 Å². The van der Waals surface area contributed by atoms with Crippen molar-refractivity contribution in [2.75, 3.05) is 13.1 Å². The first-order valence-corrected chi connectivity index (χ1v) is 5.84. The Bertz CT molecular complexity index is 440. The molecule has 4 nitrogen and oxygen atoms in total. The summed E-state index contributed by atoms with van der Waals surface area (Å²) in [6, 6.07) is 3.92. The standard InChI is InChI=1S/C13H18N4/c1-13(2,3)17-12-11(15-8-9-16-12)10-4-6-14-7-5-10/h4-7H,8-9H2,1-3H3,(H,16,17). The van der Waals surface area contributed by atoms with E-state index in [0.29, 0.717) is 0 Å². The van der Waals surface area contributed by atoms with Gasteiger partial charge in [0.25, 0.3) is 0 Å². The number of nitrogens with one attached hydrogen (secondary N) is 1. The molecular weight excluding hydrogens is 212 g/mol. The van der Waals surface area contributed by atoms with E-state index < -0.39 is 0 Å². The van der Waals surface area contributed by atoms with Crippen LogP contribution in [0.25, 0.3) is 0 Å². The molecule has 1 aromatic rings. The zero-order chi connectivity index (χ0) is 12.3. The highest BCUT2D eigenvalue weighted by molar-refractivity contribution is 6.47. The molecule has 2 rings (SSSR count). The minimum atomic E-state index is -0.00995. The van der Waals surface area contributed by atoms with Crippen molar-refractivity contribution in [2.24, 2.45) is 9.98 Å². The number of aromatic nitrogens is 1. The molecule has 0 radical (unpaired) electrons. The number of aliphatic imine (C=N–C) groups is 2. The van der Waals surface area contributed by atoms with Crippen molar-refractivity contribution in [1.82, 2.24) is 10.3 Å². The largest absolute Gasteiger partial charge is 0.364 e. The summed E-state index contributed by atoms with van der Waals surface area (Å²) in [5.74, 6) is 0.884. The number of hydrogen-bond acceptors (Lipinski definition) is 4. The second-order valence-corrected chi connectivity index (χ2v) is 5.07. The van der Waals surface area contributed by atoms with Gasteiger partial charge in [0.15, 0.2) is 0 Å².